The van der Waals surface area contributed by atoms with Crippen LogP contribution in [0.1, 0.15) is 53.4 Å². The monoisotopic (exact) mass is 255 g/mol. The van der Waals surface area contributed by atoms with Crippen LogP contribution in [0.3, 0.4) is 0 Å². The van der Waals surface area contributed by atoms with Gasteiger partial charge in [0.25, 0.3) is 0 Å². The Labute approximate surface area is 109 Å². The summed E-state index contributed by atoms with van der Waals surface area (Å²) < 4.78 is 0. The van der Waals surface area contributed by atoms with E-state index in [-0.39, 0.29) is 24.3 Å². The van der Waals surface area contributed by atoms with Gasteiger partial charge in [-0.15, -0.1) is 0 Å². The third kappa shape index (κ3) is 3.24. The Hall–Kier alpha value is -1.06. The summed E-state index contributed by atoms with van der Waals surface area (Å²) in [6.07, 6.45) is 3.36. The molecule has 0 aromatic heterocycles. The third-order valence-electron chi connectivity index (χ3n) is 4.50. The van der Waals surface area contributed by atoms with Gasteiger partial charge in [0.15, 0.2) is 0 Å². The summed E-state index contributed by atoms with van der Waals surface area (Å²) in [5.41, 5.74) is -0.980. The summed E-state index contributed by atoms with van der Waals surface area (Å²) in [4.78, 5) is 23.3. The fourth-order valence-electron chi connectivity index (χ4n) is 2.48. The number of hydrogen-bond donors (Lipinski definition) is 2. The van der Waals surface area contributed by atoms with Crippen molar-refractivity contribution in [1.29, 1.82) is 0 Å². The van der Waals surface area contributed by atoms with Crippen molar-refractivity contribution in [2.24, 2.45) is 17.3 Å². The zero-order valence-corrected chi connectivity index (χ0v) is 11.8. The lowest BCUT2D eigenvalue weighted by molar-refractivity contribution is -0.153. The maximum atomic E-state index is 12.0. The first-order valence-corrected chi connectivity index (χ1v) is 6.80. The molecule has 1 saturated carbocycles. The molecule has 4 heteroatoms. The Morgan fingerprint density at radius 3 is 2.39 bits per heavy atom. The predicted molar refractivity (Wildman–Crippen MR) is 70.1 cm³/mol. The van der Waals surface area contributed by atoms with E-state index in [1.165, 1.54) is 0 Å². The second kappa shape index (κ2) is 5.72. The van der Waals surface area contributed by atoms with Gasteiger partial charge in [0.1, 0.15) is 0 Å². The highest BCUT2D eigenvalue weighted by Gasteiger charge is 2.39. The van der Waals surface area contributed by atoms with Crippen LogP contribution < -0.4 is 5.32 Å². The van der Waals surface area contributed by atoms with Crippen LogP contribution in [0.15, 0.2) is 0 Å². The van der Waals surface area contributed by atoms with E-state index in [2.05, 4.69) is 12.2 Å². The molecular weight excluding hydrogens is 230 g/mol. The number of carbonyl (C=O) groups is 2. The van der Waals surface area contributed by atoms with E-state index in [1.807, 2.05) is 13.8 Å². The Balaban J connectivity index is 2.60. The Bertz CT molecular complexity index is 327. The molecule has 0 spiro atoms. The normalized spacial score (nSPS) is 26.9. The number of hydrogen-bond acceptors (Lipinski definition) is 2. The summed E-state index contributed by atoms with van der Waals surface area (Å²) in [6.45, 7) is 7.48. The fourth-order valence-corrected chi connectivity index (χ4v) is 2.48. The van der Waals surface area contributed by atoms with Crippen molar-refractivity contribution in [2.75, 3.05) is 0 Å². The van der Waals surface area contributed by atoms with Crippen LogP contribution in [-0.2, 0) is 9.59 Å². The number of carboxylic acid groups (broad SMARTS) is 1. The average molecular weight is 255 g/mol. The molecule has 1 amide bonds. The molecule has 2 N–H and O–H groups in total. The van der Waals surface area contributed by atoms with Crippen LogP contribution in [0.2, 0.25) is 0 Å². The lowest BCUT2D eigenvalue weighted by Crippen LogP contribution is -2.43. The van der Waals surface area contributed by atoms with Gasteiger partial charge in [0.2, 0.25) is 5.91 Å². The fraction of sp³-hybridized carbons (Fsp3) is 0.857. The van der Waals surface area contributed by atoms with E-state index in [1.54, 1.807) is 6.92 Å². The summed E-state index contributed by atoms with van der Waals surface area (Å²) in [5, 5.41) is 12.3. The van der Waals surface area contributed by atoms with E-state index in [4.69, 9.17) is 0 Å². The summed E-state index contributed by atoms with van der Waals surface area (Å²) in [7, 11) is 0. The molecule has 4 nitrogen and oxygen atoms in total. The van der Waals surface area contributed by atoms with Crippen molar-refractivity contribution in [3.63, 3.8) is 0 Å². The van der Waals surface area contributed by atoms with E-state index in [0.29, 0.717) is 5.92 Å². The highest BCUT2D eigenvalue weighted by molar-refractivity contribution is 5.85. The molecule has 0 aromatic rings. The molecular formula is C14H25NO3. The largest absolute Gasteiger partial charge is 0.481 e. The minimum absolute atomic E-state index is 0.0587. The van der Waals surface area contributed by atoms with Gasteiger partial charge in [-0.05, 0) is 31.6 Å². The van der Waals surface area contributed by atoms with E-state index in [9.17, 15) is 14.7 Å². The second-order valence-corrected chi connectivity index (χ2v) is 6.14. The number of carbonyl (C=O) groups excluding carboxylic acids is 1. The summed E-state index contributed by atoms with van der Waals surface area (Å²) in [6, 6.07) is 0.225. The molecule has 0 bridgehead atoms. The molecule has 0 radical (unpaired) electrons. The summed E-state index contributed by atoms with van der Waals surface area (Å²) >= 11 is 0. The first-order chi connectivity index (χ1) is 8.27. The van der Waals surface area contributed by atoms with Gasteiger partial charge in [-0.2, -0.15) is 0 Å². The molecule has 18 heavy (non-hydrogen) atoms. The molecule has 104 valence electrons. The van der Waals surface area contributed by atoms with Crippen LogP contribution in [0.5, 0.6) is 0 Å². The van der Waals surface area contributed by atoms with Crippen molar-refractivity contribution in [3.8, 4) is 0 Å². The topological polar surface area (TPSA) is 66.4 Å². The minimum Gasteiger partial charge on any atom is -0.481 e. The van der Waals surface area contributed by atoms with Crippen LogP contribution in [0.25, 0.3) is 0 Å². The first kappa shape index (κ1) is 15.0. The summed E-state index contributed by atoms with van der Waals surface area (Å²) in [5.74, 6) is -0.592. The maximum absolute atomic E-state index is 12.0. The number of carboxylic acids is 1. The molecule has 1 rings (SSSR count). The van der Waals surface area contributed by atoms with Gasteiger partial charge in [-0.1, -0.05) is 27.2 Å². The first-order valence-electron chi connectivity index (χ1n) is 6.80. The lowest BCUT2D eigenvalue weighted by Gasteiger charge is -2.29. The molecule has 1 aliphatic carbocycles. The Morgan fingerprint density at radius 1 is 1.39 bits per heavy atom. The zero-order valence-electron chi connectivity index (χ0n) is 11.8. The molecule has 0 heterocycles. The quantitative estimate of drug-likeness (QED) is 0.793. The number of nitrogens with one attached hydrogen (secondary N) is 1. The Morgan fingerprint density at radius 2 is 2.00 bits per heavy atom. The Kier molecular flexibility index (Phi) is 4.77. The number of amides is 1. The maximum Gasteiger partial charge on any atom is 0.310 e. The van der Waals surface area contributed by atoms with Gasteiger partial charge in [0.05, 0.1) is 5.41 Å². The van der Waals surface area contributed by atoms with Gasteiger partial charge in [0, 0.05) is 12.5 Å². The molecule has 3 unspecified atom stereocenters. The van der Waals surface area contributed by atoms with Crippen molar-refractivity contribution < 1.29 is 14.7 Å². The van der Waals surface area contributed by atoms with Gasteiger partial charge in [-0.3, -0.25) is 9.59 Å². The van der Waals surface area contributed by atoms with Crippen LogP contribution in [0.4, 0.5) is 0 Å². The van der Waals surface area contributed by atoms with Crippen LogP contribution in [-0.4, -0.2) is 23.0 Å². The average Bonchev–Trinajstić information content (AvgIpc) is 2.63. The minimum atomic E-state index is -0.980. The van der Waals surface area contributed by atoms with Crippen molar-refractivity contribution in [3.05, 3.63) is 0 Å². The molecule has 1 aliphatic rings. The lowest BCUT2D eigenvalue weighted by atomic mass is 9.76. The highest BCUT2D eigenvalue weighted by atomic mass is 16.4. The molecule has 0 saturated heterocycles. The van der Waals surface area contributed by atoms with E-state index < -0.39 is 11.4 Å². The van der Waals surface area contributed by atoms with E-state index >= 15 is 0 Å². The van der Waals surface area contributed by atoms with Crippen LogP contribution >= 0.6 is 0 Å². The number of aliphatic carboxylic acids is 1. The SMILES string of the molecule is CC1CCCC1NC(=O)CC(C)(C(=O)O)C(C)C. The number of rotatable bonds is 5. The standard InChI is InChI=1S/C14H25NO3/c1-9(2)14(4,13(17)18)8-12(16)15-11-7-5-6-10(11)3/h9-11H,5-8H2,1-4H3,(H,15,16)(H,17,18). The molecule has 0 aliphatic heterocycles. The molecule has 3 atom stereocenters. The predicted octanol–water partition coefficient (Wildman–Crippen LogP) is 2.43. The van der Waals surface area contributed by atoms with Crippen LogP contribution in [0, 0.1) is 17.3 Å². The second-order valence-electron chi connectivity index (χ2n) is 6.14. The van der Waals surface area contributed by atoms with Gasteiger partial charge < -0.3 is 10.4 Å². The molecule has 0 aromatic carbocycles. The van der Waals surface area contributed by atoms with Gasteiger partial charge in [-0.25, -0.2) is 0 Å². The van der Waals surface area contributed by atoms with Crippen molar-refractivity contribution in [1.82, 2.24) is 5.32 Å². The molecule has 1 fully saturated rings. The zero-order chi connectivity index (χ0) is 13.9. The van der Waals surface area contributed by atoms with Gasteiger partial charge >= 0.3 is 5.97 Å². The van der Waals surface area contributed by atoms with Crippen molar-refractivity contribution in [2.45, 2.75) is 59.4 Å². The highest BCUT2D eigenvalue weighted by Crippen LogP contribution is 2.32. The third-order valence-corrected chi connectivity index (χ3v) is 4.50. The van der Waals surface area contributed by atoms with E-state index in [0.717, 1.165) is 19.3 Å². The van der Waals surface area contributed by atoms with Crippen molar-refractivity contribution >= 4 is 11.9 Å². The smallest absolute Gasteiger partial charge is 0.310 e.